The molecule has 104 valence electrons. The maximum Gasteiger partial charge on any atom is 0.0576 e. The minimum Gasteiger partial charge on any atom is -0.306 e. The van der Waals surface area contributed by atoms with Crippen LogP contribution in [0.4, 0.5) is 0 Å². The molecule has 0 radical (unpaired) electrons. The van der Waals surface area contributed by atoms with Crippen LogP contribution >= 0.6 is 0 Å². The van der Waals surface area contributed by atoms with Gasteiger partial charge in [-0.2, -0.15) is 0 Å². The van der Waals surface area contributed by atoms with Crippen molar-refractivity contribution in [3.8, 4) is 0 Å². The van der Waals surface area contributed by atoms with Crippen LogP contribution in [0.2, 0.25) is 0 Å². The first-order chi connectivity index (χ1) is 9.93. The molecule has 3 rings (SSSR count). The molecule has 1 aliphatic carbocycles. The first-order valence-corrected chi connectivity index (χ1v) is 7.77. The largest absolute Gasteiger partial charge is 0.306 e. The summed E-state index contributed by atoms with van der Waals surface area (Å²) in [5.41, 5.74) is 2.72. The standard InChI is InChI=1S/C19H23N/c1-3-11-17(12-4-1)19(18-13-5-2-6-14-18)20-15-16-9-7-8-10-16/h1-6,11-14,16,19-20H,7-10,15H2. The number of benzene rings is 2. The van der Waals surface area contributed by atoms with E-state index in [1.807, 2.05) is 0 Å². The summed E-state index contributed by atoms with van der Waals surface area (Å²) < 4.78 is 0. The van der Waals surface area contributed by atoms with E-state index in [2.05, 4.69) is 66.0 Å². The molecular weight excluding hydrogens is 242 g/mol. The van der Waals surface area contributed by atoms with E-state index in [-0.39, 0.29) is 0 Å². The van der Waals surface area contributed by atoms with Gasteiger partial charge in [-0.25, -0.2) is 0 Å². The molecule has 0 heterocycles. The Labute approximate surface area is 122 Å². The molecule has 1 fully saturated rings. The van der Waals surface area contributed by atoms with Gasteiger partial charge in [-0.15, -0.1) is 0 Å². The normalized spacial score (nSPS) is 15.8. The van der Waals surface area contributed by atoms with Crippen LogP contribution in [0, 0.1) is 5.92 Å². The van der Waals surface area contributed by atoms with Crippen molar-refractivity contribution >= 4 is 0 Å². The monoisotopic (exact) mass is 265 g/mol. The fourth-order valence-corrected chi connectivity index (χ4v) is 3.22. The molecule has 20 heavy (non-hydrogen) atoms. The van der Waals surface area contributed by atoms with Crippen molar-refractivity contribution in [1.29, 1.82) is 0 Å². The molecule has 2 aromatic carbocycles. The summed E-state index contributed by atoms with van der Waals surface area (Å²) in [6.45, 7) is 1.13. The predicted octanol–water partition coefficient (Wildman–Crippen LogP) is 4.56. The minimum absolute atomic E-state index is 0.318. The van der Waals surface area contributed by atoms with Gasteiger partial charge in [0.05, 0.1) is 6.04 Å². The SMILES string of the molecule is c1ccc(C(NCC2CCCC2)c2ccccc2)cc1. The van der Waals surface area contributed by atoms with Gasteiger partial charge in [0, 0.05) is 0 Å². The van der Waals surface area contributed by atoms with E-state index in [1.54, 1.807) is 0 Å². The second-order valence-corrected chi connectivity index (χ2v) is 5.81. The van der Waals surface area contributed by atoms with E-state index in [4.69, 9.17) is 0 Å². The summed E-state index contributed by atoms with van der Waals surface area (Å²) in [5.74, 6) is 0.866. The van der Waals surface area contributed by atoms with Crippen molar-refractivity contribution < 1.29 is 0 Å². The lowest BCUT2D eigenvalue weighted by molar-refractivity contribution is 0.464. The summed E-state index contributed by atoms with van der Waals surface area (Å²) >= 11 is 0. The van der Waals surface area contributed by atoms with E-state index >= 15 is 0 Å². The van der Waals surface area contributed by atoms with Crippen molar-refractivity contribution in [2.45, 2.75) is 31.7 Å². The van der Waals surface area contributed by atoms with Crippen molar-refractivity contribution in [2.75, 3.05) is 6.54 Å². The van der Waals surface area contributed by atoms with Gasteiger partial charge in [-0.1, -0.05) is 73.5 Å². The maximum atomic E-state index is 3.79. The molecule has 1 nitrogen and oxygen atoms in total. The fraction of sp³-hybridized carbons (Fsp3) is 0.368. The third kappa shape index (κ3) is 3.29. The minimum atomic E-state index is 0.318. The van der Waals surface area contributed by atoms with Crippen LogP contribution in [0.1, 0.15) is 42.9 Å². The zero-order valence-corrected chi connectivity index (χ0v) is 12.0. The first-order valence-electron chi connectivity index (χ1n) is 7.77. The van der Waals surface area contributed by atoms with Crippen LogP contribution in [0.25, 0.3) is 0 Å². The number of rotatable bonds is 5. The summed E-state index contributed by atoms with van der Waals surface area (Å²) in [6, 6.07) is 21.9. The average molecular weight is 265 g/mol. The molecule has 1 saturated carbocycles. The molecule has 1 N–H and O–H groups in total. The van der Waals surface area contributed by atoms with Crippen LogP contribution in [0.3, 0.4) is 0 Å². The van der Waals surface area contributed by atoms with E-state index in [0.717, 1.165) is 12.5 Å². The molecule has 0 saturated heterocycles. The highest BCUT2D eigenvalue weighted by atomic mass is 14.9. The van der Waals surface area contributed by atoms with Gasteiger partial charge < -0.3 is 5.32 Å². The van der Waals surface area contributed by atoms with Gasteiger partial charge in [0.1, 0.15) is 0 Å². The van der Waals surface area contributed by atoms with Crippen LogP contribution < -0.4 is 5.32 Å². The van der Waals surface area contributed by atoms with E-state index in [0.29, 0.717) is 6.04 Å². The Morgan fingerprint density at radius 3 is 1.80 bits per heavy atom. The summed E-state index contributed by atoms with van der Waals surface area (Å²) in [7, 11) is 0. The van der Waals surface area contributed by atoms with Gasteiger partial charge >= 0.3 is 0 Å². The maximum absolute atomic E-state index is 3.79. The van der Waals surface area contributed by atoms with E-state index in [9.17, 15) is 0 Å². The van der Waals surface area contributed by atoms with Gasteiger partial charge in [-0.3, -0.25) is 0 Å². The molecule has 0 spiro atoms. The highest BCUT2D eigenvalue weighted by Crippen LogP contribution is 2.26. The summed E-state index contributed by atoms with van der Waals surface area (Å²) in [5, 5.41) is 3.79. The van der Waals surface area contributed by atoms with E-state index < -0.39 is 0 Å². The molecule has 0 aromatic heterocycles. The number of nitrogens with one attached hydrogen (secondary N) is 1. The van der Waals surface area contributed by atoms with Gasteiger partial charge in [0.2, 0.25) is 0 Å². The number of hydrogen-bond donors (Lipinski definition) is 1. The quantitative estimate of drug-likeness (QED) is 0.836. The van der Waals surface area contributed by atoms with Crippen molar-refractivity contribution in [3.05, 3.63) is 71.8 Å². The average Bonchev–Trinajstić information content (AvgIpc) is 3.03. The van der Waals surface area contributed by atoms with Gasteiger partial charge in [0.25, 0.3) is 0 Å². The third-order valence-electron chi connectivity index (χ3n) is 4.35. The van der Waals surface area contributed by atoms with Crippen LogP contribution in [-0.2, 0) is 0 Å². The molecule has 0 atom stereocenters. The summed E-state index contributed by atoms with van der Waals surface area (Å²) in [4.78, 5) is 0. The Hall–Kier alpha value is -1.60. The lowest BCUT2D eigenvalue weighted by atomic mass is 9.97. The molecule has 0 aliphatic heterocycles. The first kappa shape index (κ1) is 13.4. The molecular formula is C19H23N. The van der Waals surface area contributed by atoms with Crippen molar-refractivity contribution in [1.82, 2.24) is 5.32 Å². The van der Waals surface area contributed by atoms with Crippen molar-refractivity contribution in [2.24, 2.45) is 5.92 Å². The Balaban J connectivity index is 1.76. The number of hydrogen-bond acceptors (Lipinski definition) is 1. The smallest absolute Gasteiger partial charge is 0.0576 e. The Morgan fingerprint density at radius 1 is 0.800 bits per heavy atom. The summed E-state index contributed by atoms with van der Waals surface area (Å²) in [6.07, 6.45) is 5.61. The van der Waals surface area contributed by atoms with Crippen LogP contribution in [0.15, 0.2) is 60.7 Å². The fourth-order valence-electron chi connectivity index (χ4n) is 3.22. The highest BCUT2D eigenvalue weighted by molar-refractivity contribution is 5.31. The highest BCUT2D eigenvalue weighted by Gasteiger charge is 2.18. The van der Waals surface area contributed by atoms with Crippen LogP contribution in [0.5, 0.6) is 0 Å². The van der Waals surface area contributed by atoms with Crippen LogP contribution in [-0.4, -0.2) is 6.54 Å². The molecule has 0 amide bonds. The van der Waals surface area contributed by atoms with Gasteiger partial charge in [-0.05, 0) is 36.4 Å². The Kier molecular flexibility index (Phi) is 4.49. The second-order valence-electron chi connectivity index (χ2n) is 5.81. The predicted molar refractivity (Wildman–Crippen MR) is 84.7 cm³/mol. The van der Waals surface area contributed by atoms with Gasteiger partial charge in [0.15, 0.2) is 0 Å². The lowest BCUT2D eigenvalue weighted by Gasteiger charge is -2.22. The topological polar surface area (TPSA) is 12.0 Å². The molecule has 0 unspecified atom stereocenters. The Bertz CT molecular complexity index is 460. The molecule has 0 bridgehead atoms. The van der Waals surface area contributed by atoms with Crippen molar-refractivity contribution in [3.63, 3.8) is 0 Å². The lowest BCUT2D eigenvalue weighted by Crippen LogP contribution is -2.27. The second kappa shape index (κ2) is 6.71. The Morgan fingerprint density at radius 2 is 1.30 bits per heavy atom. The molecule has 2 aromatic rings. The zero-order valence-electron chi connectivity index (χ0n) is 12.0. The third-order valence-corrected chi connectivity index (χ3v) is 4.35. The van der Waals surface area contributed by atoms with E-state index in [1.165, 1.54) is 36.8 Å². The molecule has 1 aliphatic rings. The molecule has 1 heteroatoms. The zero-order chi connectivity index (χ0) is 13.6.